The van der Waals surface area contributed by atoms with Crippen molar-refractivity contribution in [2.45, 2.75) is 39.3 Å². The number of nitrogens with one attached hydrogen (secondary N) is 2. The van der Waals surface area contributed by atoms with Gasteiger partial charge in [0.05, 0.1) is 13.2 Å². The first kappa shape index (κ1) is 22.2. The Labute approximate surface area is 169 Å². The molecular weight excluding hydrogens is 427 g/mol. The van der Waals surface area contributed by atoms with E-state index in [9.17, 15) is 0 Å². The van der Waals surface area contributed by atoms with Gasteiger partial charge in [-0.1, -0.05) is 24.3 Å². The van der Waals surface area contributed by atoms with Crippen LogP contribution in [0.2, 0.25) is 0 Å². The van der Waals surface area contributed by atoms with Crippen molar-refractivity contribution in [2.75, 3.05) is 39.9 Å². The van der Waals surface area contributed by atoms with Crippen LogP contribution < -0.4 is 10.6 Å². The highest BCUT2D eigenvalue weighted by Gasteiger charge is 2.28. The van der Waals surface area contributed by atoms with E-state index in [2.05, 4.69) is 53.6 Å². The Morgan fingerprint density at radius 3 is 2.64 bits per heavy atom. The lowest BCUT2D eigenvalue weighted by Crippen LogP contribution is -2.42. The molecule has 1 aliphatic rings. The first-order valence-electron chi connectivity index (χ1n) is 9.04. The van der Waals surface area contributed by atoms with Gasteiger partial charge in [-0.15, -0.1) is 24.0 Å². The van der Waals surface area contributed by atoms with Gasteiger partial charge in [0.15, 0.2) is 5.96 Å². The summed E-state index contributed by atoms with van der Waals surface area (Å²) in [5.74, 6) is 0.892. The van der Waals surface area contributed by atoms with Crippen LogP contribution in [0, 0.1) is 6.92 Å². The number of guanidine groups is 1. The number of halogens is 1. The summed E-state index contributed by atoms with van der Waals surface area (Å²) >= 11 is 0. The largest absolute Gasteiger partial charge is 0.383 e. The molecule has 0 unspecified atom stereocenters. The van der Waals surface area contributed by atoms with Gasteiger partial charge in [0.2, 0.25) is 0 Å². The Morgan fingerprint density at radius 1 is 1.24 bits per heavy atom. The van der Waals surface area contributed by atoms with E-state index in [0.717, 1.165) is 44.8 Å². The second-order valence-corrected chi connectivity index (χ2v) is 6.31. The lowest BCUT2D eigenvalue weighted by atomic mass is 10.1. The minimum atomic E-state index is 0. The van der Waals surface area contributed by atoms with E-state index in [0.29, 0.717) is 6.54 Å². The molecule has 0 spiro atoms. The van der Waals surface area contributed by atoms with Gasteiger partial charge in [0.1, 0.15) is 0 Å². The number of ether oxygens (including phenoxy) is 1. The molecule has 1 aliphatic carbocycles. The first-order chi connectivity index (χ1) is 11.7. The first-order valence-corrected chi connectivity index (χ1v) is 9.04. The molecule has 142 valence electrons. The van der Waals surface area contributed by atoms with E-state index in [4.69, 9.17) is 9.73 Å². The van der Waals surface area contributed by atoms with Crippen LogP contribution >= 0.6 is 24.0 Å². The molecule has 0 atom stereocenters. The molecule has 0 radical (unpaired) electrons. The average molecular weight is 460 g/mol. The number of aryl methyl sites for hydroxylation is 1. The van der Waals surface area contributed by atoms with Crippen LogP contribution in [0.3, 0.4) is 0 Å². The number of nitrogens with zero attached hydrogens (tertiary/aromatic N) is 2. The maximum atomic E-state index is 5.22. The fourth-order valence-electron chi connectivity index (χ4n) is 2.74. The molecule has 1 saturated carbocycles. The maximum absolute atomic E-state index is 5.22. The van der Waals surface area contributed by atoms with Gasteiger partial charge in [0.25, 0.3) is 0 Å². The molecule has 0 saturated heterocycles. The van der Waals surface area contributed by atoms with Crippen LogP contribution in [-0.4, -0.2) is 56.8 Å². The zero-order valence-electron chi connectivity index (χ0n) is 15.8. The molecule has 5 nitrogen and oxygen atoms in total. The van der Waals surface area contributed by atoms with Gasteiger partial charge in [-0.3, -0.25) is 4.90 Å². The van der Waals surface area contributed by atoms with Crippen molar-refractivity contribution in [3.63, 3.8) is 0 Å². The molecule has 1 fully saturated rings. The lowest BCUT2D eigenvalue weighted by Gasteiger charge is -2.22. The topological polar surface area (TPSA) is 48.9 Å². The molecular formula is C19H33IN4O. The Morgan fingerprint density at radius 2 is 2.00 bits per heavy atom. The fraction of sp³-hybridized carbons (Fsp3) is 0.632. The molecule has 0 aliphatic heterocycles. The van der Waals surface area contributed by atoms with Crippen molar-refractivity contribution in [2.24, 2.45) is 4.99 Å². The van der Waals surface area contributed by atoms with E-state index >= 15 is 0 Å². The monoisotopic (exact) mass is 460 g/mol. The number of benzene rings is 1. The summed E-state index contributed by atoms with van der Waals surface area (Å²) < 4.78 is 5.22. The summed E-state index contributed by atoms with van der Waals surface area (Å²) in [7, 11) is 1.77. The van der Waals surface area contributed by atoms with Gasteiger partial charge in [-0.2, -0.15) is 0 Å². The molecule has 6 heteroatoms. The molecule has 0 aromatic heterocycles. The molecule has 2 rings (SSSR count). The molecule has 1 aromatic rings. The van der Waals surface area contributed by atoms with Crippen LogP contribution in [0.1, 0.15) is 30.9 Å². The predicted octanol–water partition coefficient (Wildman–Crippen LogP) is 2.78. The van der Waals surface area contributed by atoms with Crippen molar-refractivity contribution in [1.82, 2.24) is 15.5 Å². The third-order valence-corrected chi connectivity index (χ3v) is 4.35. The highest BCUT2D eigenvalue weighted by Crippen LogP contribution is 2.25. The Kier molecular flexibility index (Phi) is 11.1. The molecule has 2 N–H and O–H groups in total. The zero-order chi connectivity index (χ0) is 17.2. The van der Waals surface area contributed by atoms with E-state index in [1.807, 2.05) is 0 Å². The average Bonchev–Trinajstić information content (AvgIpc) is 3.42. The van der Waals surface area contributed by atoms with Gasteiger partial charge < -0.3 is 15.4 Å². The third kappa shape index (κ3) is 8.37. The van der Waals surface area contributed by atoms with E-state index < -0.39 is 0 Å². The predicted molar refractivity (Wildman–Crippen MR) is 116 cm³/mol. The van der Waals surface area contributed by atoms with E-state index in [1.165, 1.54) is 24.0 Å². The van der Waals surface area contributed by atoms with Crippen molar-refractivity contribution >= 4 is 29.9 Å². The smallest absolute Gasteiger partial charge is 0.191 e. The van der Waals surface area contributed by atoms with Crippen molar-refractivity contribution in [1.29, 1.82) is 0 Å². The standard InChI is InChI=1S/C19H32N4O.HI/c1-4-20-19(22-15-17-8-6-5-7-16(17)2)21-11-12-23(13-14-24-3)18-9-10-18;/h5-8,18H,4,9-15H2,1-3H3,(H2,20,21,22);1H. The highest BCUT2D eigenvalue weighted by molar-refractivity contribution is 14.0. The quantitative estimate of drug-likeness (QED) is 0.320. The second-order valence-electron chi connectivity index (χ2n) is 6.31. The summed E-state index contributed by atoms with van der Waals surface area (Å²) in [6.45, 7) is 9.56. The number of methoxy groups -OCH3 is 1. The SMILES string of the molecule is CCNC(=NCc1ccccc1C)NCCN(CCOC)C1CC1.I. The van der Waals surface area contributed by atoms with Crippen LogP contribution in [0.5, 0.6) is 0 Å². The van der Waals surface area contributed by atoms with Gasteiger partial charge in [-0.05, 0) is 37.8 Å². The Bertz CT molecular complexity index is 520. The zero-order valence-corrected chi connectivity index (χ0v) is 18.1. The van der Waals surface area contributed by atoms with Crippen molar-refractivity contribution in [3.05, 3.63) is 35.4 Å². The Balaban J connectivity index is 0.00000312. The molecule has 1 aromatic carbocycles. The van der Waals surface area contributed by atoms with E-state index in [1.54, 1.807) is 7.11 Å². The molecule has 0 amide bonds. The lowest BCUT2D eigenvalue weighted by molar-refractivity contribution is 0.144. The van der Waals surface area contributed by atoms with Gasteiger partial charge in [-0.25, -0.2) is 4.99 Å². The van der Waals surface area contributed by atoms with Crippen LogP contribution in [0.4, 0.5) is 0 Å². The number of hydrogen-bond acceptors (Lipinski definition) is 3. The van der Waals surface area contributed by atoms with Gasteiger partial charge >= 0.3 is 0 Å². The normalized spacial score (nSPS) is 14.3. The van der Waals surface area contributed by atoms with Crippen molar-refractivity contribution in [3.8, 4) is 0 Å². The summed E-state index contributed by atoms with van der Waals surface area (Å²) in [5, 5.41) is 6.79. The Hall–Kier alpha value is -0.860. The molecule has 0 heterocycles. The van der Waals surface area contributed by atoms with Crippen molar-refractivity contribution < 1.29 is 4.74 Å². The fourth-order valence-corrected chi connectivity index (χ4v) is 2.74. The number of rotatable bonds is 10. The molecule has 0 bridgehead atoms. The maximum Gasteiger partial charge on any atom is 0.191 e. The van der Waals surface area contributed by atoms with E-state index in [-0.39, 0.29) is 24.0 Å². The molecule has 25 heavy (non-hydrogen) atoms. The third-order valence-electron chi connectivity index (χ3n) is 4.35. The van der Waals surface area contributed by atoms with Crippen LogP contribution in [0.15, 0.2) is 29.3 Å². The number of aliphatic imine (C=N–C) groups is 1. The highest BCUT2D eigenvalue weighted by atomic mass is 127. The van der Waals surface area contributed by atoms with Crippen LogP contribution in [0.25, 0.3) is 0 Å². The summed E-state index contributed by atoms with van der Waals surface area (Å²) in [6, 6.07) is 9.17. The second kappa shape index (κ2) is 12.5. The van der Waals surface area contributed by atoms with Crippen LogP contribution in [-0.2, 0) is 11.3 Å². The minimum Gasteiger partial charge on any atom is -0.383 e. The summed E-state index contributed by atoms with van der Waals surface area (Å²) in [4.78, 5) is 7.23. The minimum absolute atomic E-state index is 0. The van der Waals surface area contributed by atoms with Gasteiger partial charge in [0, 0.05) is 39.3 Å². The number of hydrogen-bond donors (Lipinski definition) is 2. The summed E-state index contributed by atoms with van der Waals surface area (Å²) in [5.41, 5.74) is 2.56. The summed E-state index contributed by atoms with van der Waals surface area (Å²) in [6.07, 6.45) is 2.65.